The molecule has 1 aromatic rings. The molecule has 3 rings (SSSR count). The minimum Gasteiger partial charge on any atom is -0.483 e. The van der Waals surface area contributed by atoms with Gasteiger partial charge in [-0.3, -0.25) is 4.79 Å². The molecule has 21 heavy (non-hydrogen) atoms. The van der Waals surface area contributed by atoms with Gasteiger partial charge in [0, 0.05) is 6.54 Å². The molecule has 3 atom stereocenters. The van der Waals surface area contributed by atoms with Crippen LogP contribution in [0.2, 0.25) is 0 Å². The molecule has 1 heterocycles. The molecule has 5 nitrogen and oxygen atoms in total. The summed E-state index contributed by atoms with van der Waals surface area (Å²) in [5, 5.41) is 9.27. The van der Waals surface area contributed by atoms with Crippen LogP contribution >= 0.6 is 0 Å². The third kappa shape index (κ3) is 2.48. The first-order chi connectivity index (χ1) is 9.99. The van der Waals surface area contributed by atoms with Crippen molar-refractivity contribution in [3.05, 3.63) is 29.3 Å². The molecule has 1 amide bonds. The summed E-state index contributed by atoms with van der Waals surface area (Å²) in [5.41, 5.74) is 1.95. The van der Waals surface area contributed by atoms with Gasteiger partial charge in [-0.2, -0.15) is 0 Å². The van der Waals surface area contributed by atoms with Crippen molar-refractivity contribution in [2.24, 2.45) is 11.8 Å². The second-order valence-corrected chi connectivity index (χ2v) is 6.00. The van der Waals surface area contributed by atoms with Crippen molar-refractivity contribution in [2.75, 3.05) is 13.2 Å². The van der Waals surface area contributed by atoms with E-state index in [1.807, 2.05) is 32.0 Å². The van der Waals surface area contributed by atoms with Gasteiger partial charge in [-0.1, -0.05) is 18.2 Å². The summed E-state index contributed by atoms with van der Waals surface area (Å²) in [6, 6.07) is 5.13. The van der Waals surface area contributed by atoms with Gasteiger partial charge >= 0.3 is 5.97 Å². The van der Waals surface area contributed by atoms with Crippen molar-refractivity contribution in [1.82, 2.24) is 4.90 Å². The van der Waals surface area contributed by atoms with Crippen molar-refractivity contribution in [3.63, 3.8) is 0 Å². The number of aliphatic carboxylic acids is 1. The average Bonchev–Trinajstić information content (AvgIpc) is 3.07. The fraction of sp³-hybridized carbons (Fsp3) is 0.500. The molecular formula is C16H19NO4. The van der Waals surface area contributed by atoms with Gasteiger partial charge in [0.1, 0.15) is 11.8 Å². The van der Waals surface area contributed by atoms with Gasteiger partial charge in [-0.05, 0) is 43.2 Å². The van der Waals surface area contributed by atoms with Gasteiger partial charge in [0.05, 0.1) is 0 Å². The number of ether oxygens (including phenoxy) is 1. The number of fused-ring (bicyclic) bond motifs is 1. The molecule has 2 aliphatic rings. The number of carbonyl (C=O) groups excluding carboxylic acids is 1. The quantitative estimate of drug-likeness (QED) is 0.914. The zero-order valence-electron chi connectivity index (χ0n) is 12.2. The van der Waals surface area contributed by atoms with Crippen molar-refractivity contribution in [1.29, 1.82) is 0 Å². The number of carboxylic acid groups (broad SMARTS) is 1. The Morgan fingerprint density at radius 1 is 1.33 bits per heavy atom. The molecular weight excluding hydrogens is 270 g/mol. The largest absolute Gasteiger partial charge is 0.483 e. The Labute approximate surface area is 123 Å². The summed E-state index contributed by atoms with van der Waals surface area (Å²) in [6.07, 6.45) is 0.929. The third-order valence-electron chi connectivity index (χ3n) is 4.47. The van der Waals surface area contributed by atoms with Gasteiger partial charge in [-0.25, -0.2) is 4.79 Å². The van der Waals surface area contributed by atoms with Crippen molar-refractivity contribution >= 4 is 11.9 Å². The molecule has 1 aliphatic carbocycles. The van der Waals surface area contributed by atoms with Crippen molar-refractivity contribution in [3.8, 4) is 5.75 Å². The van der Waals surface area contributed by atoms with E-state index in [-0.39, 0.29) is 18.4 Å². The van der Waals surface area contributed by atoms with E-state index in [0.29, 0.717) is 18.2 Å². The number of rotatable bonds is 4. The van der Waals surface area contributed by atoms with Crippen LogP contribution in [0.4, 0.5) is 0 Å². The normalized spacial score (nSPS) is 26.4. The van der Waals surface area contributed by atoms with Crippen molar-refractivity contribution < 1.29 is 19.4 Å². The van der Waals surface area contributed by atoms with E-state index in [1.54, 1.807) is 0 Å². The molecule has 0 spiro atoms. The predicted molar refractivity (Wildman–Crippen MR) is 76.1 cm³/mol. The summed E-state index contributed by atoms with van der Waals surface area (Å²) in [6.45, 7) is 4.31. The van der Waals surface area contributed by atoms with E-state index < -0.39 is 12.0 Å². The Hall–Kier alpha value is -2.04. The summed E-state index contributed by atoms with van der Waals surface area (Å²) in [7, 11) is 0. The van der Waals surface area contributed by atoms with Crippen LogP contribution < -0.4 is 4.74 Å². The molecule has 1 N–H and O–H groups in total. The SMILES string of the molecule is Cc1cccc(C)c1OCC(=O)N1C[C@H]2C[C@H]2[C@H]1C(=O)O. The monoisotopic (exact) mass is 289 g/mol. The molecule has 0 aromatic heterocycles. The Morgan fingerprint density at radius 2 is 2.00 bits per heavy atom. The van der Waals surface area contributed by atoms with Crippen LogP contribution in [-0.4, -0.2) is 41.1 Å². The minimum atomic E-state index is -0.902. The number of nitrogens with zero attached hydrogens (tertiary/aromatic N) is 1. The number of hydrogen-bond acceptors (Lipinski definition) is 3. The standard InChI is InChI=1S/C16H19NO4/c1-9-4-3-5-10(2)15(9)21-8-13(18)17-7-11-6-12(11)14(17)16(19)20/h3-5,11-12,14H,6-8H2,1-2H3,(H,19,20)/t11-,12-,14+/m1/s1. The van der Waals surface area contributed by atoms with Gasteiger partial charge in [0.2, 0.25) is 0 Å². The van der Waals surface area contributed by atoms with Gasteiger partial charge in [0.25, 0.3) is 5.91 Å². The maximum atomic E-state index is 12.3. The Balaban J connectivity index is 1.66. The highest BCUT2D eigenvalue weighted by molar-refractivity contribution is 5.86. The third-order valence-corrected chi connectivity index (χ3v) is 4.47. The van der Waals surface area contributed by atoms with Crippen LogP contribution in [0.1, 0.15) is 17.5 Å². The Kier molecular flexibility index (Phi) is 3.35. The number of benzene rings is 1. The van der Waals surface area contributed by atoms with E-state index in [0.717, 1.165) is 17.5 Å². The topological polar surface area (TPSA) is 66.8 Å². The molecule has 1 aromatic carbocycles. The molecule has 5 heteroatoms. The Morgan fingerprint density at radius 3 is 2.62 bits per heavy atom. The first kappa shape index (κ1) is 13.9. The second kappa shape index (κ2) is 5.06. The van der Waals surface area contributed by atoms with E-state index in [4.69, 9.17) is 4.74 Å². The van der Waals surface area contributed by atoms with E-state index in [9.17, 15) is 14.7 Å². The second-order valence-electron chi connectivity index (χ2n) is 6.00. The first-order valence-corrected chi connectivity index (χ1v) is 7.20. The highest BCUT2D eigenvalue weighted by Crippen LogP contribution is 2.49. The van der Waals surface area contributed by atoms with Crippen LogP contribution in [0.3, 0.4) is 0 Å². The number of carbonyl (C=O) groups is 2. The Bertz CT molecular complexity index is 578. The van der Waals surface area contributed by atoms with Crippen molar-refractivity contribution in [2.45, 2.75) is 26.3 Å². The zero-order chi connectivity index (χ0) is 15.1. The van der Waals surface area contributed by atoms with E-state index in [2.05, 4.69) is 0 Å². The number of aryl methyl sites for hydroxylation is 2. The van der Waals surface area contributed by atoms with Crippen LogP contribution in [0, 0.1) is 25.7 Å². The fourth-order valence-electron chi connectivity index (χ4n) is 3.28. The summed E-state index contributed by atoms with van der Waals surface area (Å²) in [5.74, 6) is 0.0849. The van der Waals surface area contributed by atoms with Crippen LogP contribution in [0.15, 0.2) is 18.2 Å². The van der Waals surface area contributed by atoms with Crippen LogP contribution in [0.25, 0.3) is 0 Å². The lowest BCUT2D eigenvalue weighted by Gasteiger charge is -2.24. The lowest BCUT2D eigenvalue weighted by molar-refractivity contribution is -0.150. The zero-order valence-corrected chi connectivity index (χ0v) is 12.2. The molecule has 1 aliphatic heterocycles. The molecule has 1 saturated heterocycles. The lowest BCUT2D eigenvalue weighted by atomic mass is 10.1. The number of para-hydroxylation sites is 1. The fourth-order valence-corrected chi connectivity index (χ4v) is 3.28. The highest BCUT2D eigenvalue weighted by Gasteiger charge is 2.57. The van der Waals surface area contributed by atoms with Gasteiger partial charge in [-0.15, -0.1) is 0 Å². The highest BCUT2D eigenvalue weighted by atomic mass is 16.5. The number of amides is 1. The summed E-state index contributed by atoms with van der Waals surface area (Å²) in [4.78, 5) is 25.0. The van der Waals surface area contributed by atoms with E-state index >= 15 is 0 Å². The molecule has 0 radical (unpaired) electrons. The van der Waals surface area contributed by atoms with E-state index in [1.165, 1.54) is 4.90 Å². The van der Waals surface area contributed by atoms with Crippen LogP contribution in [0.5, 0.6) is 5.75 Å². The molecule has 1 saturated carbocycles. The maximum absolute atomic E-state index is 12.3. The van der Waals surface area contributed by atoms with Gasteiger partial charge in [0.15, 0.2) is 6.61 Å². The first-order valence-electron chi connectivity index (χ1n) is 7.20. The number of carboxylic acids is 1. The summed E-state index contributed by atoms with van der Waals surface area (Å²) >= 11 is 0. The van der Waals surface area contributed by atoms with Crippen LogP contribution in [-0.2, 0) is 9.59 Å². The maximum Gasteiger partial charge on any atom is 0.326 e. The average molecular weight is 289 g/mol. The molecule has 2 fully saturated rings. The predicted octanol–water partition coefficient (Wildman–Crippen LogP) is 1.61. The smallest absolute Gasteiger partial charge is 0.326 e. The molecule has 112 valence electrons. The number of hydrogen-bond donors (Lipinski definition) is 1. The molecule has 0 unspecified atom stereocenters. The lowest BCUT2D eigenvalue weighted by Crippen LogP contribution is -2.45. The number of likely N-dealkylation sites (tertiary alicyclic amines) is 1. The summed E-state index contributed by atoms with van der Waals surface area (Å²) < 4.78 is 5.64. The minimum absolute atomic E-state index is 0.102. The number of piperidine rings is 1. The molecule has 0 bridgehead atoms. The van der Waals surface area contributed by atoms with Gasteiger partial charge < -0.3 is 14.7 Å².